The first kappa shape index (κ1) is 11.5. The van der Waals surface area contributed by atoms with Gasteiger partial charge in [-0.1, -0.05) is 30.3 Å². The molecule has 2 rings (SSSR count). The van der Waals surface area contributed by atoms with E-state index in [0.717, 1.165) is 19.3 Å². The highest BCUT2D eigenvalue weighted by molar-refractivity contribution is 6.18. The molecule has 1 saturated carbocycles. The van der Waals surface area contributed by atoms with Gasteiger partial charge in [0.2, 0.25) is 5.91 Å². The number of carbonyl (C=O) groups excluding carboxylic acids is 1. The summed E-state index contributed by atoms with van der Waals surface area (Å²) in [6.45, 7) is 0. The zero-order chi connectivity index (χ0) is 11.4. The fraction of sp³-hybridized carbons (Fsp3) is 0.462. The standard InChI is InChI=1S/C13H16ClNO/c14-9-12(15-13(16)11-6-7-11)8-10-4-2-1-3-5-10/h1-5,11-12H,6-9H2,(H,15,16)/t12-/m0/s1. The number of alkyl halides is 1. The molecule has 1 amide bonds. The lowest BCUT2D eigenvalue weighted by Gasteiger charge is -2.15. The van der Waals surface area contributed by atoms with Crippen molar-refractivity contribution in [3.05, 3.63) is 35.9 Å². The van der Waals surface area contributed by atoms with Crippen molar-refractivity contribution >= 4 is 17.5 Å². The van der Waals surface area contributed by atoms with Gasteiger partial charge in [0.15, 0.2) is 0 Å². The first-order valence-corrected chi connectivity index (χ1v) is 6.23. The van der Waals surface area contributed by atoms with E-state index < -0.39 is 0 Å². The van der Waals surface area contributed by atoms with E-state index in [2.05, 4.69) is 17.4 Å². The summed E-state index contributed by atoms with van der Waals surface area (Å²) in [5, 5.41) is 3.01. The van der Waals surface area contributed by atoms with Crippen molar-refractivity contribution in [2.75, 3.05) is 5.88 Å². The molecule has 0 aliphatic heterocycles. The Morgan fingerprint density at radius 2 is 2.06 bits per heavy atom. The van der Waals surface area contributed by atoms with E-state index in [1.165, 1.54) is 5.56 Å². The molecular weight excluding hydrogens is 222 g/mol. The Hall–Kier alpha value is -1.02. The summed E-state index contributed by atoms with van der Waals surface area (Å²) in [6, 6.07) is 10.2. The summed E-state index contributed by atoms with van der Waals surface area (Å²) in [7, 11) is 0. The Labute approximate surface area is 101 Å². The van der Waals surface area contributed by atoms with E-state index >= 15 is 0 Å². The predicted octanol–water partition coefficient (Wildman–Crippen LogP) is 2.36. The van der Waals surface area contributed by atoms with Crippen LogP contribution in [0.1, 0.15) is 18.4 Å². The first-order valence-electron chi connectivity index (χ1n) is 5.70. The summed E-state index contributed by atoms with van der Waals surface area (Å²) in [5.74, 6) is 0.885. The number of hydrogen-bond donors (Lipinski definition) is 1. The van der Waals surface area contributed by atoms with Gasteiger partial charge >= 0.3 is 0 Å². The van der Waals surface area contributed by atoms with Crippen molar-refractivity contribution in [3.63, 3.8) is 0 Å². The number of halogens is 1. The number of hydrogen-bond acceptors (Lipinski definition) is 1. The van der Waals surface area contributed by atoms with Gasteiger partial charge in [0.1, 0.15) is 0 Å². The third-order valence-electron chi connectivity index (χ3n) is 2.81. The van der Waals surface area contributed by atoms with Gasteiger partial charge in [0.25, 0.3) is 0 Å². The Morgan fingerprint density at radius 1 is 1.38 bits per heavy atom. The second-order valence-corrected chi connectivity index (χ2v) is 4.63. The third-order valence-corrected chi connectivity index (χ3v) is 3.18. The summed E-state index contributed by atoms with van der Waals surface area (Å²) in [5.41, 5.74) is 1.21. The van der Waals surface area contributed by atoms with Crippen molar-refractivity contribution < 1.29 is 4.79 Å². The minimum absolute atomic E-state index is 0.0529. The van der Waals surface area contributed by atoms with Gasteiger partial charge in [0, 0.05) is 17.8 Å². The number of carbonyl (C=O) groups is 1. The largest absolute Gasteiger partial charge is 0.352 e. The number of rotatable bonds is 5. The lowest BCUT2D eigenvalue weighted by Crippen LogP contribution is -2.38. The first-order chi connectivity index (χ1) is 7.79. The highest BCUT2D eigenvalue weighted by Gasteiger charge is 2.30. The van der Waals surface area contributed by atoms with Gasteiger partial charge in [-0.25, -0.2) is 0 Å². The molecule has 1 aliphatic carbocycles. The molecule has 0 unspecified atom stereocenters. The third kappa shape index (κ3) is 3.24. The number of nitrogens with one attached hydrogen (secondary N) is 1. The molecule has 0 spiro atoms. The Bertz CT molecular complexity index is 348. The van der Waals surface area contributed by atoms with E-state index in [4.69, 9.17) is 11.6 Å². The monoisotopic (exact) mass is 237 g/mol. The molecule has 1 aromatic rings. The van der Waals surface area contributed by atoms with Gasteiger partial charge in [-0.15, -0.1) is 11.6 Å². The molecule has 1 N–H and O–H groups in total. The minimum Gasteiger partial charge on any atom is -0.352 e. The maximum absolute atomic E-state index is 11.6. The topological polar surface area (TPSA) is 29.1 Å². The fourth-order valence-corrected chi connectivity index (χ4v) is 1.89. The maximum atomic E-state index is 11.6. The molecule has 0 radical (unpaired) electrons. The van der Waals surface area contributed by atoms with Crippen molar-refractivity contribution in [1.29, 1.82) is 0 Å². The summed E-state index contributed by atoms with van der Waals surface area (Å²) < 4.78 is 0. The molecule has 1 aromatic carbocycles. The summed E-state index contributed by atoms with van der Waals surface area (Å²) >= 11 is 5.87. The van der Waals surface area contributed by atoms with Gasteiger partial charge in [0.05, 0.1) is 0 Å². The van der Waals surface area contributed by atoms with Crippen LogP contribution in [0.5, 0.6) is 0 Å². The molecule has 1 fully saturated rings. The quantitative estimate of drug-likeness (QED) is 0.783. The lowest BCUT2D eigenvalue weighted by atomic mass is 10.1. The van der Waals surface area contributed by atoms with E-state index in [1.807, 2.05) is 18.2 Å². The number of amides is 1. The molecule has 86 valence electrons. The smallest absolute Gasteiger partial charge is 0.223 e. The second kappa shape index (κ2) is 5.35. The Kier molecular flexibility index (Phi) is 3.83. The van der Waals surface area contributed by atoms with E-state index in [-0.39, 0.29) is 17.9 Å². The van der Waals surface area contributed by atoms with Gasteiger partial charge < -0.3 is 5.32 Å². The molecule has 0 saturated heterocycles. The van der Waals surface area contributed by atoms with Gasteiger partial charge in [-0.2, -0.15) is 0 Å². The van der Waals surface area contributed by atoms with E-state index in [1.54, 1.807) is 0 Å². The van der Waals surface area contributed by atoms with Crippen LogP contribution in [0.4, 0.5) is 0 Å². The average molecular weight is 238 g/mol. The second-order valence-electron chi connectivity index (χ2n) is 4.32. The highest BCUT2D eigenvalue weighted by Crippen LogP contribution is 2.29. The SMILES string of the molecule is O=C(N[C@H](CCl)Cc1ccccc1)C1CC1. The van der Waals surface area contributed by atoms with Crippen LogP contribution in [0.3, 0.4) is 0 Å². The van der Waals surface area contributed by atoms with E-state index in [9.17, 15) is 4.79 Å². The zero-order valence-electron chi connectivity index (χ0n) is 9.16. The molecule has 16 heavy (non-hydrogen) atoms. The summed E-state index contributed by atoms with van der Waals surface area (Å²) in [4.78, 5) is 11.6. The predicted molar refractivity (Wildman–Crippen MR) is 65.5 cm³/mol. The molecular formula is C13H16ClNO. The lowest BCUT2D eigenvalue weighted by molar-refractivity contribution is -0.122. The molecule has 0 bridgehead atoms. The van der Waals surface area contributed by atoms with Gasteiger partial charge in [-0.05, 0) is 24.8 Å². The van der Waals surface area contributed by atoms with Crippen LogP contribution in [-0.4, -0.2) is 17.8 Å². The molecule has 2 nitrogen and oxygen atoms in total. The van der Waals surface area contributed by atoms with Crippen molar-refractivity contribution in [2.45, 2.75) is 25.3 Å². The van der Waals surface area contributed by atoms with Crippen LogP contribution in [0.2, 0.25) is 0 Å². The zero-order valence-corrected chi connectivity index (χ0v) is 9.91. The van der Waals surface area contributed by atoms with Crippen molar-refractivity contribution in [2.24, 2.45) is 5.92 Å². The highest BCUT2D eigenvalue weighted by atomic mass is 35.5. The fourth-order valence-electron chi connectivity index (χ4n) is 1.71. The van der Waals surface area contributed by atoms with Crippen LogP contribution in [0.25, 0.3) is 0 Å². The van der Waals surface area contributed by atoms with Gasteiger partial charge in [-0.3, -0.25) is 4.79 Å². The van der Waals surface area contributed by atoms with Crippen LogP contribution in [0.15, 0.2) is 30.3 Å². The van der Waals surface area contributed by atoms with Crippen LogP contribution in [-0.2, 0) is 11.2 Å². The normalized spacial score (nSPS) is 16.8. The Morgan fingerprint density at radius 3 is 2.62 bits per heavy atom. The molecule has 1 atom stereocenters. The average Bonchev–Trinajstić information content (AvgIpc) is 3.13. The summed E-state index contributed by atoms with van der Waals surface area (Å²) in [6.07, 6.45) is 2.88. The maximum Gasteiger partial charge on any atom is 0.223 e. The Balaban J connectivity index is 1.87. The van der Waals surface area contributed by atoms with Crippen LogP contribution in [0, 0.1) is 5.92 Å². The molecule has 3 heteroatoms. The van der Waals surface area contributed by atoms with Crippen LogP contribution >= 0.6 is 11.6 Å². The molecule has 1 aliphatic rings. The number of benzene rings is 1. The van der Waals surface area contributed by atoms with Crippen molar-refractivity contribution in [3.8, 4) is 0 Å². The van der Waals surface area contributed by atoms with Crippen LogP contribution < -0.4 is 5.32 Å². The molecule has 0 heterocycles. The molecule has 0 aromatic heterocycles. The minimum atomic E-state index is 0.0529. The van der Waals surface area contributed by atoms with Crippen molar-refractivity contribution in [1.82, 2.24) is 5.32 Å². The van der Waals surface area contributed by atoms with E-state index in [0.29, 0.717) is 5.88 Å².